The molecule has 0 unspecified atom stereocenters. The zero-order valence-electron chi connectivity index (χ0n) is 17.4. The van der Waals surface area contributed by atoms with Crippen LogP contribution in [0.3, 0.4) is 0 Å². The summed E-state index contributed by atoms with van der Waals surface area (Å²) >= 11 is 0. The second kappa shape index (κ2) is 9.30. The van der Waals surface area contributed by atoms with Crippen molar-refractivity contribution in [2.24, 2.45) is 5.92 Å². The van der Waals surface area contributed by atoms with Gasteiger partial charge >= 0.3 is 11.7 Å². The molecule has 2 N–H and O–H groups in total. The molecule has 0 saturated carbocycles. The van der Waals surface area contributed by atoms with Crippen LogP contribution >= 0.6 is 0 Å². The lowest BCUT2D eigenvalue weighted by Gasteiger charge is -2.22. The van der Waals surface area contributed by atoms with Crippen molar-refractivity contribution in [3.63, 3.8) is 0 Å². The number of carbonyl (C=O) groups excluding carboxylic acids is 1. The van der Waals surface area contributed by atoms with E-state index in [0.29, 0.717) is 25.3 Å². The number of ether oxygens (including phenoxy) is 1. The minimum absolute atomic E-state index is 0.0683. The van der Waals surface area contributed by atoms with Crippen molar-refractivity contribution in [1.29, 1.82) is 0 Å². The van der Waals surface area contributed by atoms with Crippen LogP contribution in [0.2, 0.25) is 0 Å². The number of carbonyl (C=O) groups is 1. The van der Waals surface area contributed by atoms with Crippen molar-refractivity contribution < 1.29 is 9.53 Å². The van der Waals surface area contributed by atoms with Crippen LogP contribution in [0.15, 0.2) is 47.3 Å². The van der Waals surface area contributed by atoms with Crippen LogP contribution in [0, 0.1) is 5.92 Å². The molecule has 6 heteroatoms. The zero-order valence-corrected chi connectivity index (χ0v) is 17.4. The summed E-state index contributed by atoms with van der Waals surface area (Å²) in [7, 11) is 1.41. The lowest BCUT2D eigenvalue weighted by atomic mass is 9.93. The first-order chi connectivity index (χ1) is 14.7. The molecule has 0 bridgehead atoms. The van der Waals surface area contributed by atoms with E-state index in [1.165, 1.54) is 7.11 Å². The van der Waals surface area contributed by atoms with Gasteiger partial charge in [-0.25, -0.2) is 4.79 Å². The van der Waals surface area contributed by atoms with Crippen LogP contribution in [0.25, 0.3) is 22.2 Å². The van der Waals surface area contributed by atoms with Gasteiger partial charge in [-0.2, -0.15) is 0 Å². The van der Waals surface area contributed by atoms with E-state index < -0.39 is 0 Å². The molecule has 0 atom stereocenters. The topological polar surface area (TPSA) is 76.1 Å². The van der Waals surface area contributed by atoms with Crippen molar-refractivity contribution >= 4 is 17.0 Å². The van der Waals surface area contributed by atoms with Gasteiger partial charge in [0, 0.05) is 18.5 Å². The molecule has 6 nitrogen and oxygen atoms in total. The highest BCUT2D eigenvalue weighted by molar-refractivity contribution is 5.94. The monoisotopic (exact) mass is 407 g/mol. The number of hydrogen-bond acceptors (Lipinski definition) is 4. The number of rotatable bonds is 7. The third kappa shape index (κ3) is 4.33. The van der Waals surface area contributed by atoms with Gasteiger partial charge in [-0.05, 0) is 61.9 Å². The van der Waals surface area contributed by atoms with Crippen LogP contribution in [0.4, 0.5) is 0 Å². The number of H-pyrrole nitrogens is 1. The standard InChI is InChI=1S/C24H29N3O3/c1-30-21(28)10-8-19-7-9-20-23(22(19)18-5-3-2-4-6-18)27(24(29)26-20)16-13-17-11-14-25-15-12-17/h2-7,9,17,25H,8,10-16H2,1H3,(H,26,29). The normalized spacial score (nSPS) is 14.8. The van der Waals surface area contributed by atoms with Crippen molar-refractivity contribution in [2.75, 3.05) is 20.2 Å². The average Bonchev–Trinajstić information content (AvgIpc) is 3.11. The molecular formula is C24H29N3O3. The maximum atomic E-state index is 12.8. The molecule has 1 aromatic heterocycles. The fraction of sp³-hybridized carbons (Fsp3) is 0.417. The summed E-state index contributed by atoms with van der Waals surface area (Å²) < 4.78 is 6.72. The van der Waals surface area contributed by atoms with E-state index in [2.05, 4.69) is 22.4 Å². The Labute approximate surface area is 176 Å². The van der Waals surface area contributed by atoms with E-state index in [0.717, 1.165) is 60.1 Å². The fourth-order valence-electron chi connectivity index (χ4n) is 4.47. The number of imidazole rings is 1. The number of nitrogens with one attached hydrogen (secondary N) is 2. The van der Waals surface area contributed by atoms with Crippen molar-refractivity contribution in [2.45, 2.75) is 38.6 Å². The number of aromatic nitrogens is 2. The van der Waals surface area contributed by atoms with Gasteiger partial charge in [0.05, 0.1) is 18.1 Å². The lowest BCUT2D eigenvalue weighted by molar-refractivity contribution is -0.140. The Morgan fingerprint density at radius 3 is 2.63 bits per heavy atom. The SMILES string of the molecule is COC(=O)CCc1ccc2[nH]c(=O)n(CCC3CCNCC3)c2c1-c1ccccc1. The summed E-state index contributed by atoms with van der Waals surface area (Å²) in [6.45, 7) is 2.81. The summed E-state index contributed by atoms with van der Waals surface area (Å²) in [4.78, 5) is 27.6. The number of nitrogens with zero attached hydrogens (tertiary/aromatic N) is 1. The van der Waals surface area contributed by atoms with Crippen LogP contribution in [0.1, 0.15) is 31.2 Å². The molecule has 0 radical (unpaired) electrons. The van der Waals surface area contributed by atoms with Gasteiger partial charge in [-0.3, -0.25) is 9.36 Å². The number of hydrogen-bond donors (Lipinski definition) is 2. The predicted molar refractivity (Wildman–Crippen MR) is 119 cm³/mol. The molecule has 30 heavy (non-hydrogen) atoms. The quantitative estimate of drug-likeness (QED) is 0.588. The molecular weight excluding hydrogens is 378 g/mol. The van der Waals surface area contributed by atoms with Crippen LogP contribution < -0.4 is 11.0 Å². The molecule has 158 valence electrons. The molecule has 4 rings (SSSR count). The molecule has 1 aliphatic heterocycles. The van der Waals surface area contributed by atoms with Gasteiger partial charge in [0.1, 0.15) is 0 Å². The van der Waals surface area contributed by atoms with E-state index >= 15 is 0 Å². The smallest absolute Gasteiger partial charge is 0.326 e. The number of benzene rings is 2. The van der Waals surface area contributed by atoms with Crippen molar-refractivity contribution in [1.82, 2.24) is 14.9 Å². The summed E-state index contributed by atoms with van der Waals surface area (Å²) in [6, 6.07) is 14.1. The second-order valence-corrected chi connectivity index (χ2v) is 8.00. The Hall–Kier alpha value is -2.86. The van der Waals surface area contributed by atoms with Gasteiger partial charge in [0.2, 0.25) is 0 Å². The minimum Gasteiger partial charge on any atom is -0.469 e. The van der Waals surface area contributed by atoms with Crippen LogP contribution in [-0.2, 0) is 22.5 Å². The molecule has 2 heterocycles. The Bertz CT molecular complexity index is 1060. The van der Waals surface area contributed by atoms with E-state index in [1.807, 2.05) is 34.9 Å². The third-order valence-electron chi connectivity index (χ3n) is 6.13. The number of aromatic amines is 1. The summed E-state index contributed by atoms with van der Waals surface area (Å²) in [5.41, 5.74) is 4.83. The molecule has 2 aromatic carbocycles. The van der Waals surface area contributed by atoms with E-state index in [4.69, 9.17) is 4.74 Å². The largest absolute Gasteiger partial charge is 0.469 e. The van der Waals surface area contributed by atoms with Gasteiger partial charge < -0.3 is 15.0 Å². The number of methoxy groups -OCH3 is 1. The maximum Gasteiger partial charge on any atom is 0.326 e. The van der Waals surface area contributed by atoms with Gasteiger partial charge in [-0.1, -0.05) is 36.4 Å². The zero-order chi connectivity index (χ0) is 20.9. The molecule has 0 amide bonds. The first kappa shape index (κ1) is 20.4. The fourth-order valence-corrected chi connectivity index (χ4v) is 4.47. The number of fused-ring (bicyclic) bond motifs is 1. The summed E-state index contributed by atoms with van der Waals surface area (Å²) in [5, 5.41) is 3.40. The Morgan fingerprint density at radius 1 is 1.13 bits per heavy atom. The highest BCUT2D eigenvalue weighted by Gasteiger charge is 2.19. The molecule has 0 aliphatic carbocycles. The lowest BCUT2D eigenvalue weighted by Crippen LogP contribution is -2.29. The third-order valence-corrected chi connectivity index (χ3v) is 6.13. The Morgan fingerprint density at radius 2 is 1.90 bits per heavy atom. The number of piperidine rings is 1. The van der Waals surface area contributed by atoms with E-state index in [9.17, 15) is 9.59 Å². The van der Waals surface area contributed by atoms with E-state index in [-0.39, 0.29) is 11.7 Å². The van der Waals surface area contributed by atoms with Gasteiger partial charge in [0.25, 0.3) is 0 Å². The van der Waals surface area contributed by atoms with Gasteiger partial charge in [-0.15, -0.1) is 0 Å². The molecule has 3 aromatic rings. The summed E-state index contributed by atoms with van der Waals surface area (Å²) in [6.07, 6.45) is 4.20. The van der Waals surface area contributed by atoms with Crippen LogP contribution in [-0.4, -0.2) is 35.7 Å². The Balaban J connectivity index is 1.76. The first-order valence-corrected chi connectivity index (χ1v) is 10.7. The van der Waals surface area contributed by atoms with Crippen molar-refractivity contribution in [3.05, 3.63) is 58.5 Å². The maximum absolute atomic E-state index is 12.8. The highest BCUT2D eigenvalue weighted by atomic mass is 16.5. The minimum atomic E-state index is -0.230. The Kier molecular flexibility index (Phi) is 6.33. The highest BCUT2D eigenvalue weighted by Crippen LogP contribution is 2.32. The molecule has 1 saturated heterocycles. The number of esters is 1. The summed E-state index contributed by atoms with van der Waals surface area (Å²) in [5.74, 6) is 0.414. The first-order valence-electron chi connectivity index (χ1n) is 10.7. The second-order valence-electron chi connectivity index (χ2n) is 8.00. The molecule has 1 fully saturated rings. The van der Waals surface area contributed by atoms with E-state index in [1.54, 1.807) is 0 Å². The number of aryl methyl sites for hydroxylation is 2. The van der Waals surface area contributed by atoms with Gasteiger partial charge in [0.15, 0.2) is 0 Å². The molecule has 1 aliphatic rings. The predicted octanol–water partition coefficient (Wildman–Crippen LogP) is 3.49. The van der Waals surface area contributed by atoms with Crippen LogP contribution in [0.5, 0.6) is 0 Å². The van der Waals surface area contributed by atoms with Crippen molar-refractivity contribution in [3.8, 4) is 11.1 Å². The molecule has 0 spiro atoms. The average molecular weight is 408 g/mol.